The molecule has 2 aliphatic heterocycles. The quantitative estimate of drug-likeness (QED) is 0.895. The number of thioether (sulfide) groups is 1. The predicted octanol–water partition coefficient (Wildman–Crippen LogP) is 3.09. The maximum Gasteiger partial charge on any atom is 0.240 e. The molecule has 6 heteroatoms. The van der Waals surface area contributed by atoms with E-state index in [-0.39, 0.29) is 23.7 Å². The lowest BCUT2D eigenvalue weighted by Gasteiger charge is -2.37. The first-order valence-corrected chi connectivity index (χ1v) is 9.32. The number of piperidine rings is 1. The summed E-state index contributed by atoms with van der Waals surface area (Å²) < 4.78 is 0. The Balaban J connectivity index is 0.00000161. The molecule has 1 fully saturated rings. The molecule has 21 heavy (non-hydrogen) atoms. The van der Waals surface area contributed by atoms with Crippen LogP contribution in [0.1, 0.15) is 35.5 Å². The Kier molecular flexibility index (Phi) is 6.00. The van der Waals surface area contributed by atoms with E-state index in [4.69, 9.17) is 5.73 Å². The Morgan fingerprint density at radius 3 is 3.10 bits per heavy atom. The average Bonchev–Trinajstić information content (AvgIpc) is 2.95. The van der Waals surface area contributed by atoms with E-state index in [1.165, 1.54) is 10.4 Å². The van der Waals surface area contributed by atoms with Gasteiger partial charge in [-0.05, 0) is 54.9 Å². The van der Waals surface area contributed by atoms with Gasteiger partial charge in [-0.3, -0.25) is 4.79 Å². The summed E-state index contributed by atoms with van der Waals surface area (Å²) in [5.41, 5.74) is 7.29. The Labute approximate surface area is 141 Å². The molecule has 1 aromatic rings. The standard InChI is InChI=1S/C15H22N2OS2.ClH/c1-10(16)11-3-2-6-17(9-11)15(18)14-12-4-7-19-13(12)5-8-20-14;/h4,7,10-11,14H,2-3,5-6,8-9,16H2,1H3;1H. The van der Waals surface area contributed by atoms with Crippen LogP contribution in [-0.4, -0.2) is 35.7 Å². The number of halogens is 1. The van der Waals surface area contributed by atoms with Gasteiger partial charge in [-0.25, -0.2) is 0 Å². The van der Waals surface area contributed by atoms with Gasteiger partial charge in [-0.2, -0.15) is 0 Å². The fourth-order valence-corrected chi connectivity index (χ4v) is 5.53. The summed E-state index contributed by atoms with van der Waals surface area (Å²) in [6.45, 7) is 3.80. The molecule has 3 atom stereocenters. The number of amides is 1. The molecular formula is C15H23ClN2OS2. The van der Waals surface area contributed by atoms with E-state index in [1.807, 2.05) is 0 Å². The number of thiophene rings is 1. The van der Waals surface area contributed by atoms with Crippen LogP contribution in [0.25, 0.3) is 0 Å². The monoisotopic (exact) mass is 346 g/mol. The minimum absolute atomic E-state index is 0. The van der Waals surface area contributed by atoms with Crippen LogP contribution in [0.15, 0.2) is 11.4 Å². The third-order valence-corrected chi connectivity index (χ3v) is 6.64. The van der Waals surface area contributed by atoms with Gasteiger partial charge in [0.25, 0.3) is 0 Å². The Morgan fingerprint density at radius 2 is 2.33 bits per heavy atom. The summed E-state index contributed by atoms with van der Waals surface area (Å²) in [5, 5.41) is 2.15. The van der Waals surface area contributed by atoms with Crippen molar-refractivity contribution >= 4 is 41.4 Å². The van der Waals surface area contributed by atoms with Crippen molar-refractivity contribution in [3.8, 4) is 0 Å². The highest BCUT2D eigenvalue weighted by atomic mass is 35.5. The Hall–Kier alpha value is -0.230. The molecule has 3 unspecified atom stereocenters. The number of carbonyl (C=O) groups excluding carboxylic acids is 1. The largest absolute Gasteiger partial charge is 0.341 e. The zero-order chi connectivity index (χ0) is 14.1. The number of hydrogen-bond acceptors (Lipinski definition) is 4. The Morgan fingerprint density at radius 1 is 1.52 bits per heavy atom. The van der Waals surface area contributed by atoms with Crippen molar-refractivity contribution in [1.29, 1.82) is 0 Å². The van der Waals surface area contributed by atoms with Crippen LogP contribution < -0.4 is 5.73 Å². The topological polar surface area (TPSA) is 46.3 Å². The molecule has 1 saturated heterocycles. The van der Waals surface area contributed by atoms with Crippen molar-refractivity contribution < 1.29 is 4.79 Å². The SMILES string of the molecule is CC(N)C1CCCN(C(=O)C2SCCc3sccc32)C1.Cl. The van der Waals surface area contributed by atoms with Crippen molar-refractivity contribution in [3.05, 3.63) is 21.9 Å². The number of aryl methyl sites for hydroxylation is 1. The number of fused-ring (bicyclic) bond motifs is 1. The van der Waals surface area contributed by atoms with E-state index in [9.17, 15) is 4.79 Å². The van der Waals surface area contributed by atoms with Gasteiger partial charge in [0.05, 0.1) is 0 Å². The second-order valence-corrected chi connectivity index (χ2v) is 8.06. The van der Waals surface area contributed by atoms with E-state index in [1.54, 1.807) is 23.1 Å². The third kappa shape index (κ3) is 3.58. The molecule has 3 rings (SSSR count). The van der Waals surface area contributed by atoms with Crippen molar-refractivity contribution in [1.82, 2.24) is 4.90 Å². The van der Waals surface area contributed by atoms with Crippen LogP contribution >= 0.6 is 35.5 Å². The summed E-state index contributed by atoms with van der Waals surface area (Å²) in [4.78, 5) is 16.3. The molecule has 2 aliphatic rings. The molecule has 3 nitrogen and oxygen atoms in total. The lowest BCUT2D eigenvalue weighted by molar-refractivity contribution is -0.132. The maximum absolute atomic E-state index is 12.9. The summed E-state index contributed by atoms with van der Waals surface area (Å²) in [5.74, 6) is 1.83. The summed E-state index contributed by atoms with van der Waals surface area (Å²) in [6.07, 6.45) is 3.36. The number of likely N-dealkylation sites (tertiary alicyclic amines) is 1. The number of nitrogens with two attached hydrogens (primary N) is 1. The number of carbonyl (C=O) groups is 1. The van der Waals surface area contributed by atoms with Crippen LogP contribution in [0.5, 0.6) is 0 Å². The van der Waals surface area contributed by atoms with Crippen LogP contribution in [0.2, 0.25) is 0 Å². The smallest absolute Gasteiger partial charge is 0.240 e. The van der Waals surface area contributed by atoms with Gasteiger partial charge < -0.3 is 10.6 Å². The first kappa shape index (κ1) is 17.1. The molecule has 0 aliphatic carbocycles. The highest BCUT2D eigenvalue weighted by Gasteiger charge is 2.34. The average molecular weight is 347 g/mol. The van der Waals surface area contributed by atoms with Gasteiger partial charge in [-0.15, -0.1) is 35.5 Å². The minimum atomic E-state index is 0. The first-order valence-electron chi connectivity index (χ1n) is 7.39. The highest BCUT2D eigenvalue weighted by molar-refractivity contribution is 8.00. The van der Waals surface area contributed by atoms with Gasteiger partial charge >= 0.3 is 0 Å². The maximum atomic E-state index is 12.9. The molecular weight excluding hydrogens is 324 g/mol. The second kappa shape index (κ2) is 7.36. The van der Waals surface area contributed by atoms with E-state index in [2.05, 4.69) is 23.3 Å². The molecule has 0 saturated carbocycles. The lowest BCUT2D eigenvalue weighted by atomic mass is 9.92. The molecule has 0 aromatic carbocycles. The van der Waals surface area contributed by atoms with Crippen LogP contribution in [0.3, 0.4) is 0 Å². The number of nitrogens with zero attached hydrogens (tertiary/aromatic N) is 1. The molecule has 118 valence electrons. The van der Waals surface area contributed by atoms with Crippen molar-refractivity contribution in [2.45, 2.75) is 37.5 Å². The van der Waals surface area contributed by atoms with E-state index in [0.29, 0.717) is 11.8 Å². The molecule has 2 N–H and O–H groups in total. The summed E-state index contributed by atoms with van der Waals surface area (Å²) in [7, 11) is 0. The fraction of sp³-hybridized carbons (Fsp3) is 0.667. The summed E-state index contributed by atoms with van der Waals surface area (Å²) >= 11 is 3.60. The second-order valence-electron chi connectivity index (χ2n) is 5.85. The van der Waals surface area contributed by atoms with Crippen LogP contribution in [-0.2, 0) is 11.2 Å². The van der Waals surface area contributed by atoms with Gasteiger partial charge in [0.1, 0.15) is 5.25 Å². The van der Waals surface area contributed by atoms with Crippen LogP contribution in [0, 0.1) is 5.92 Å². The van der Waals surface area contributed by atoms with Gasteiger partial charge in [0, 0.05) is 24.0 Å². The molecule has 1 amide bonds. The lowest BCUT2D eigenvalue weighted by Crippen LogP contribution is -2.46. The van der Waals surface area contributed by atoms with Crippen molar-refractivity contribution in [3.63, 3.8) is 0 Å². The highest BCUT2D eigenvalue weighted by Crippen LogP contribution is 2.41. The molecule has 0 bridgehead atoms. The van der Waals surface area contributed by atoms with Gasteiger partial charge in [0.2, 0.25) is 5.91 Å². The normalized spacial score (nSPS) is 26.7. The number of hydrogen-bond donors (Lipinski definition) is 1. The molecule has 0 radical (unpaired) electrons. The zero-order valence-corrected chi connectivity index (χ0v) is 14.7. The molecule has 1 aromatic heterocycles. The molecule has 3 heterocycles. The minimum Gasteiger partial charge on any atom is -0.341 e. The number of rotatable bonds is 2. The fourth-order valence-electron chi connectivity index (χ4n) is 3.16. The van der Waals surface area contributed by atoms with E-state index >= 15 is 0 Å². The predicted molar refractivity (Wildman–Crippen MR) is 93.4 cm³/mol. The van der Waals surface area contributed by atoms with Gasteiger partial charge in [0.15, 0.2) is 0 Å². The van der Waals surface area contributed by atoms with E-state index < -0.39 is 0 Å². The van der Waals surface area contributed by atoms with Gasteiger partial charge in [-0.1, -0.05) is 0 Å². The Bertz CT molecular complexity index is 492. The first-order chi connectivity index (χ1) is 9.66. The van der Waals surface area contributed by atoms with E-state index in [0.717, 1.165) is 38.1 Å². The third-order valence-electron chi connectivity index (χ3n) is 4.41. The summed E-state index contributed by atoms with van der Waals surface area (Å²) in [6, 6.07) is 2.32. The molecule has 0 spiro atoms. The van der Waals surface area contributed by atoms with Crippen molar-refractivity contribution in [2.24, 2.45) is 11.7 Å². The zero-order valence-electron chi connectivity index (χ0n) is 12.3. The van der Waals surface area contributed by atoms with Crippen LogP contribution in [0.4, 0.5) is 0 Å². The van der Waals surface area contributed by atoms with Crippen molar-refractivity contribution in [2.75, 3.05) is 18.8 Å².